The van der Waals surface area contributed by atoms with Gasteiger partial charge in [-0.3, -0.25) is 14.9 Å². The molecule has 0 heterocycles. The van der Waals surface area contributed by atoms with Gasteiger partial charge < -0.3 is 10.2 Å². The largest absolute Gasteiger partial charge is 0.387 e. The number of amides is 1. The fourth-order valence-electron chi connectivity index (χ4n) is 2.98. The minimum absolute atomic E-state index is 0.0557. The third-order valence-electron chi connectivity index (χ3n) is 4.08. The highest BCUT2D eigenvalue weighted by atomic mass is 16.6. The van der Waals surface area contributed by atoms with Crippen LogP contribution in [0.3, 0.4) is 0 Å². The number of nitro groups is 1. The first kappa shape index (κ1) is 15.3. The summed E-state index contributed by atoms with van der Waals surface area (Å²) >= 11 is 0. The molecule has 1 saturated carbocycles. The summed E-state index contributed by atoms with van der Waals surface area (Å²) in [5.74, 6) is -0.127. The molecule has 0 atom stereocenters. The highest BCUT2D eigenvalue weighted by Crippen LogP contribution is 2.28. The number of hydrogen-bond acceptors (Lipinski definition) is 4. The van der Waals surface area contributed by atoms with E-state index in [1.54, 1.807) is 13.1 Å². The first-order valence-corrected chi connectivity index (χ1v) is 7.35. The molecule has 6 nitrogen and oxygen atoms in total. The fourth-order valence-corrected chi connectivity index (χ4v) is 2.98. The van der Waals surface area contributed by atoms with Crippen LogP contribution in [0.25, 0.3) is 0 Å². The van der Waals surface area contributed by atoms with Gasteiger partial charge in [-0.15, -0.1) is 0 Å². The van der Waals surface area contributed by atoms with Crippen molar-refractivity contribution in [1.29, 1.82) is 0 Å². The van der Waals surface area contributed by atoms with Crippen molar-refractivity contribution in [2.75, 3.05) is 18.9 Å². The van der Waals surface area contributed by atoms with Crippen LogP contribution >= 0.6 is 0 Å². The molecule has 0 bridgehead atoms. The van der Waals surface area contributed by atoms with E-state index in [-0.39, 0.29) is 17.6 Å². The average molecular weight is 291 g/mol. The molecule has 1 aromatic carbocycles. The summed E-state index contributed by atoms with van der Waals surface area (Å²) in [6.45, 7) is 2.57. The van der Waals surface area contributed by atoms with Gasteiger partial charge in [0, 0.05) is 37.5 Å². The zero-order valence-electron chi connectivity index (χ0n) is 12.5. The predicted octanol–water partition coefficient (Wildman–Crippen LogP) is 3.04. The maximum absolute atomic E-state index is 12.8. The Balaban J connectivity index is 2.35. The first-order chi connectivity index (χ1) is 10.1. The first-order valence-electron chi connectivity index (χ1n) is 7.35. The van der Waals surface area contributed by atoms with Crippen LogP contribution in [0.5, 0.6) is 0 Å². The smallest absolute Gasteiger partial charge is 0.270 e. The molecule has 0 aromatic heterocycles. The number of nitro benzene ring substituents is 1. The SMILES string of the molecule is CCN(C(=O)c1cc([N+](=O)[O-])ccc1NC)C1CCCC1. The number of carbonyl (C=O) groups excluding carboxylic acids is 1. The number of carbonyl (C=O) groups is 1. The number of benzene rings is 1. The van der Waals surface area contributed by atoms with E-state index < -0.39 is 4.92 Å². The van der Waals surface area contributed by atoms with E-state index in [1.165, 1.54) is 12.1 Å². The van der Waals surface area contributed by atoms with Crippen LogP contribution in [-0.4, -0.2) is 35.4 Å². The molecule has 0 aliphatic heterocycles. The molecule has 1 fully saturated rings. The van der Waals surface area contributed by atoms with Crippen LogP contribution in [0.15, 0.2) is 18.2 Å². The summed E-state index contributed by atoms with van der Waals surface area (Å²) in [4.78, 5) is 25.1. The highest BCUT2D eigenvalue weighted by molar-refractivity contribution is 6.00. The Hall–Kier alpha value is -2.11. The summed E-state index contributed by atoms with van der Waals surface area (Å²) in [6.07, 6.45) is 4.32. The molecule has 1 amide bonds. The van der Waals surface area contributed by atoms with Gasteiger partial charge in [0.25, 0.3) is 11.6 Å². The molecule has 1 N–H and O–H groups in total. The average Bonchev–Trinajstić information content (AvgIpc) is 3.01. The summed E-state index contributed by atoms with van der Waals surface area (Å²) in [7, 11) is 1.71. The second-order valence-electron chi connectivity index (χ2n) is 5.27. The van der Waals surface area contributed by atoms with Crippen molar-refractivity contribution in [1.82, 2.24) is 4.90 Å². The van der Waals surface area contributed by atoms with Crippen molar-refractivity contribution in [3.05, 3.63) is 33.9 Å². The van der Waals surface area contributed by atoms with Crippen LogP contribution in [0.4, 0.5) is 11.4 Å². The molecule has 21 heavy (non-hydrogen) atoms. The van der Waals surface area contributed by atoms with Gasteiger partial charge in [-0.2, -0.15) is 0 Å². The van der Waals surface area contributed by atoms with E-state index in [9.17, 15) is 14.9 Å². The Labute approximate surface area is 124 Å². The molecule has 114 valence electrons. The maximum atomic E-state index is 12.8. The molecule has 6 heteroatoms. The van der Waals surface area contributed by atoms with Crippen molar-refractivity contribution in [2.45, 2.75) is 38.6 Å². The van der Waals surface area contributed by atoms with Crippen LogP contribution < -0.4 is 5.32 Å². The molecule has 1 aliphatic carbocycles. The van der Waals surface area contributed by atoms with Gasteiger partial charge in [-0.05, 0) is 25.8 Å². The van der Waals surface area contributed by atoms with Crippen molar-refractivity contribution < 1.29 is 9.72 Å². The molecular weight excluding hydrogens is 270 g/mol. The van der Waals surface area contributed by atoms with Gasteiger partial charge in [0.15, 0.2) is 0 Å². The van der Waals surface area contributed by atoms with Crippen molar-refractivity contribution in [3.8, 4) is 0 Å². The standard InChI is InChI=1S/C15H21N3O3/c1-3-17(11-6-4-5-7-11)15(19)13-10-12(18(20)21)8-9-14(13)16-2/h8-11,16H,3-7H2,1-2H3. The molecule has 1 aliphatic rings. The van der Waals surface area contributed by atoms with Crippen molar-refractivity contribution >= 4 is 17.3 Å². The van der Waals surface area contributed by atoms with Crippen LogP contribution in [-0.2, 0) is 0 Å². The zero-order valence-corrected chi connectivity index (χ0v) is 12.5. The van der Waals surface area contributed by atoms with Gasteiger partial charge in [-0.1, -0.05) is 12.8 Å². The molecular formula is C15H21N3O3. The third kappa shape index (κ3) is 3.15. The van der Waals surface area contributed by atoms with Gasteiger partial charge in [-0.25, -0.2) is 0 Å². The lowest BCUT2D eigenvalue weighted by Gasteiger charge is -2.28. The van der Waals surface area contributed by atoms with E-state index in [0.717, 1.165) is 25.7 Å². The normalized spacial score (nSPS) is 15.0. The number of non-ortho nitro benzene ring substituents is 1. The van der Waals surface area contributed by atoms with Gasteiger partial charge in [0.05, 0.1) is 10.5 Å². The third-order valence-corrected chi connectivity index (χ3v) is 4.08. The predicted molar refractivity (Wildman–Crippen MR) is 81.6 cm³/mol. The quantitative estimate of drug-likeness (QED) is 0.668. The second-order valence-corrected chi connectivity index (χ2v) is 5.27. The molecule has 0 spiro atoms. The molecule has 0 saturated heterocycles. The van der Waals surface area contributed by atoms with Crippen molar-refractivity contribution in [2.24, 2.45) is 0 Å². The molecule has 0 unspecified atom stereocenters. The topological polar surface area (TPSA) is 75.5 Å². The van der Waals surface area contributed by atoms with E-state index >= 15 is 0 Å². The maximum Gasteiger partial charge on any atom is 0.270 e. The Bertz CT molecular complexity index is 539. The Kier molecular flexibility index (Phi) is 4.77. The summed E-state index contributed by atoms with van der Waals surface area (Å²) < 4.78 is 0. The number of hydrogen-bond donors (Lipinski definition) is 1. The highest BCUT2D eigenvalue weighted by Gasteiger charge is 2.28. The van der Waals surface area contributed by atoms with Gasteiger partial charge >= 0.3 is 0 Å². The molecule has 2 rings (SSSR count). The van der Waals surface area contributed by atoms with E-state index in [0.29, 0.717) is 17.8 Å². The van der Waals surface area contributed by atoms with Crippen molar-refractivity contribution in [3.63, 3.8) is 0 Å². The number of rotatable bonds is 5. The lowest BCUT2D eigenvalue weighted by Crippen LogP contribution is -2.38. The second kappa shape index (κ2) is 6.56. The number of anilines is 1. The van der Waals surface area contributed by atoms with Crippen LogP contribution in [0.1, 0.15) is 43.0 Å². The minimum atomic E-state index is -0.470. The van der Waals surface area contributed by atoms with Gasteiger partial charge in [0.1, 0.15) is 0 Å². The van der Waals surface area contributed by atoms with Gasteiger partial charge in [0.2, 0.25) is 0 Å². The number of nitrogens with one attached hydrogen (secondary N) is 1. The van der Waals surface area contributed by atoms with E-state index in [4.69, 9.17) is 0 Å². The lowest BCUT2D eigenvalue weighted by molar-refractivity contribution is -0.384. The van der Waals surface area contributed by atoms with E-state index in [1.807, 2.05) is 11.8 Å². The van der Waals surface area contributed by atoms with Crippen LogP contribution in [0, 0.1) is 10.1 Å². The Morgan fingerprint density at radius 3 is 2.62 bits per heavy atom. The summed E-state index contributed by atoms with van der Waals surface area (Å²) in [6, 6.07) is 4.63. The lowest BCUT2D eigenvalue weighted by atomic mass is 10.1. The van der Waals surface area contributed by atoms with Crippen LogP contribution in [0.2, 0.25) is 0 Å². The molecule has 0 radical (unpaired) electrons. The minimum Gasteiger partial charge on any atom is -0.387 e. The monoisotopic (exact) mass is 291 g/mol. The summed E-state index contributed by atoms with van der Waals surface area (Å²) in [5, 5.41) is 13.9. The number of nitrogens with zero attached hydrogens (tertiary/aromatic N) is 2. The Morgan fingerprint density at radius 1 is 1.43 bits per heavy atom. The van der Waals surface area contributed by atoms with E-state index in [2.05, 4.69) is 5.32 Å². The fraction of sp³-hybridized carbons (Fsp3) is 0.533. The zero-order chi connectivity index (χ0) is 15.4. The summed E-state index contributed by atoms with van der Waals surface area (Å²) in [5.41, 5.74) is 0.947. The Morgan fingerprint density at radius 2 is 2.10 bits per heavy atom. The molecule has 1 aromatic rings.